The highest BCUT2D eigenvalue weighted by molar-refractivity contribution is 5.78. The number of aliphatic carboxylic acids is 1. The molecule has 2 aliphatic heterocycles. The molecule has 2 aliphatic rings. The maximum Gasteiger partial charge on any atom is 0.303 e. The average molecular weight is 298 g/mol. The third-order valence-electron chi connectivity index (χ3n) is 4.37. The third-order valence-corrected chi connectivity index (χ3v) is 4.37. The van der Waals surface area contributed by atoms with Gasteiger partial charge in [0.25, 0.3) is 0 Å². The Kier molecular flexibility index (Phi) is 6.45. The molecule has 6 heteroatoms. The van der Waals surface area contributed by atoms with Gasteiger partial charge in [0, 0.05) is 19.0 Å². The van der Waals surface area contributed by atoms with Crippen LogP contribution in [0.1, 0.15) is 44.9 Å². The Hall–Kier alpha value is -1.14. The molecule has 0 aromatic carbocycles. The van der Waals surface area contributed by atoms with Gasteiger partial charge in [0.2, 0.25) is 5.91 Å². The fourth-order valence-electron chi connectivity index (χ4n) is 3.15. The molecule has 1 atom stereocenters. The standard InChI is InChI=1S/C15H26N2O4/c18-14(11-21-13-6-8-16-9-7-13)17-10-2-1-3-12(17)4-5-15(19)20/h12-13,16H,1-11H2,(H,19,20). The van der Waals surface area contributed by atoms with Gasteiger partial charge >= 0.3 is 5.97 Å². The van der Waals surface area contributed by atoms with Crippen LogP contribution in [0.4, 0.5) is 0 Å². The van der Waals surface area contributed by atoms with Gasteiger partial charge in [-0.15, -0.1) is 0 Å². The molecular formula is C15H26N2O4. The normalized spacial score (nSPS) is 24.0. The maximum atomic E-state index is 12.3. The first-order valence-electron chi connectivity index (χ1n) is 8.00. The van der Waals surface area contributed by atoms with E-state index in [1.807, 2.05) is 4.90 Å². The molecule has 0 saturated carbocycles. The van der Waals surface area contributed by atoms with Crippen LogP contribution < -0.4 is 5.32 Å². The fraction of sp³-hybridized carbons (Fsp3) is 0.867. The number of hydrogen-bond donors (Lipinski definition) is 2. The Morgan fingerprint density at radius 1 is 1.19 bits per heavy atom. The van der Waals surface area contributed by atoms with Gasteiger partial charge in [0.15, 0.2) is 0 Å². The molecule has 120 valence electrons. The maximum absolute atomic E-state index is 12.3. The number of nitrogens with one attached hydrogen (secondary N) is 1. The summed E-state index contributed by atoms with van der Waals surface area (Å²) in [4.78, 5) is 24.9. The first kappa shape index (κ1) is 16.2. The minimum Gasteiger partial charge on any atom is -0.481 e. The molecule has 6 nitrogen and oxygen atoms in total. The Bertz CT molecular complexity index is 356. The van der Waals surface area contributed by atoms with Crippen LogP contribution in [0.25, 0.3) is 0 Å². The molecule has 0 aromatic heterocycles. The Labute approximate surface area is 125 Å². The Morgan fingerprint density at radius 2 is 1.95 bits per heavy atom. The van der Waals surface area contributed by atoms with Crippen molar-refractivity contribution in [2.24, 2.45) is 0 Å². The van der Waals surface area contributed by atoms with Crippen molar-refractivity contribution < 1.29 is 19.4 Å². The van der Waals surface area contributed by atoms with E-state index in [0.717, 1.165) is 51.7 Å². The predicted molar refractivity (Wildman–Crippen MR) is 78.1 cm³/mol. The number of carbonyl (C=O) groups is 2. The molecule has 0 spiro atoms. The molecule has 2 fully saturated rings. The summed E-state index contributed by atoms with van der Waals surface area (Å²) in [6, 6.07) is 0.0685. The molecule has 0 radical (unpaired) electrons. The lowest BCUT2D eigenvalue weighted by Gasteiger charge is -2.36. The Morgan fingerprint density at radius 3 is 2.67 bits per heavy atom. The predicted octanol–water partition coefficient (Wildman–Crippen LogP) is 1.00. The molecule has 1 amide bonds. The lowest BCUT2D eigenvalue weighted by molar-refractivity contribution is -0.144. The van der Waals surface area contributed by atoms with Gasteiger partial charge in [0.1, 0.15) is 6.61 Å². The molecule has 2 saturated heterocycles. The van der Waals surface area contributed by atoms with E-state index in [1.54, 1.807) is 0 Å². The number of nitrogens with zero attached hydrogens (tertiary/aromatic N) is 1. The largest absolute Gasteiger partial charge is 0.481 e. The number of carboxylic acid groups (broad SMARTS) is 1. The van der Waals surface area contributed by atoms with Crippen LogP contribution in [-0.2, 0) is 14.3 Å². The highest BCUT2D eigenvalue weighted by Gasteiger charge is 2.27. The van der Waals surface area contributed by atoms with Gasteiger partial charge in [0.05, 0.1) is 6.10 Å². The number of carboxylic acids is 1. The molecule has 2 rings (SSSR count). The van der Waals surface area contributed by atoms with E-state index in [0.29, 0.717) is 6.42 Å². The van der Waals surface area contributed by atoms with Crippen LogP contribution in [0.5, 0.6) is 0 Å². The number of amides is 1. The van der Waals surface area contributed by atoms with Gasteiger partial charge in [-0.3, -0.25) is 9.59 Å². The van der Waals surface area contributed by atoms with Crippen LogP contribution in [0, 0.1) is 0 Å². The molecule has 2 heterocycles. The van der Waals surface area contributed by atoms with E-state index in [-0.39, 0.29) is 31.1 Å². The van der Waals surface area contributed by atoms with E-state index in [9.17, 15) is 9.59 Å². The molecule has 21 heavy (non-hydrogen) atoms. The zero-order valence-corrected chi connectivity index (χ0v) is 12.6. The number of ether oxygens (including phenoxy) is 1. The van der Waals surface area contributed by atoms with Crippen molar-refractivity contribution >= 4 is 11.9 Å². The van der Waals surface area contributed by atoms with E-state index in [4.69, 9.17) is 9.84 Å². The molecule has 0 aliphatic carbocycles. The van der Waals surface area contributed by atoms with Gasteiger partial charge in [-0.05, 0) is 51.6 Å². The summed E-state index contributed by atoms with van der Waals surface area (Å²) >= 11 is 0. The zero-order chi connectivity index (χ0) is 15.1. The van der Waals surface area contributed by atoms with E-state index in [2.05, 4.69) is 5.32 Å². The lowest BCUT2D eigenvalue weighted by Crippen LogP contribution is -2.46. The monoisotopic (exact) mass is 298 g/mol. The number of piperidine rings is 2. The van der Waals surface area contributed by atoms with E-state index < -0.39 is 5.97 Å². The minimum absolute atomic E-state index is 0.0172. The molecule has 0 aromatic rings. The number of rotatable bonds is 6. The van der Waals surface area contributed by atoms with Crippen LogP contribution in [0.15, 0.2) is 0 Å². The highest BCUT2D eigenvalue weighted by atomic mass is 16.5. The van der Waals surface area contributed by atoms with Gasteiger partial charge in [-0.2, -0.15) is 0 Å². The van der Waals surface area contributed by atoms with Crippen LogP contribution in [0.3, 0.4) is 0 Å². The van der Waals surface area contributed by atoms with Crippen molar-refractivity contribution in [2.45, 2.75) is 57.1 Å². The summed E-state index contributed by atoms with van der Waals surface area (Å²) in [5, 5.41) is 12.1. The van der Waals surface area contributed by atoms with Crippen molar-refractivity contribution in [3.8, 4) is 0 Å². The summed E-state index contributed by atoms with van der Waals surface area (Å²) in [7, 11) is 0. The second kappa shape index (κ2) is 8.34. The first-order valence-corrected chi connectivity index (χ1v) is 8.00. The average Bonchev–Trinajstić information content (AvgIpc) is 2.52. The van der Waals surface area contributed by atoms with Crippen molar-refractivity contribution in [3.63, 3.8) is 0 Å². The lowest BCUT2D eigenvalue weighted by atomic mass is 9.98. The van der Waals surface area contributed by atoms with Gasteiger partial charge in [-0.1, -0.05) is 0 Å². The number of hydrogen-bond acceptors (Lipinski definition) is 4. The summed E-state index contributed by atoms with van der Waals surface area (Å²) in [6.07, 6.45) is 5.75. The summed E-state index contributed by atoms with van der Waals surface area (Å²) in [5.41, 5.74) is 0. The summed E-state index contributed by atoms with van der Waals surface area (Å²) in [5.74, 6) is -0.775. The van der Waals surface area contributed by atoms with Crippen molar-refractivity contribution in [1.29, 1.82) is 0 Å². The topological polar surface area (TPSA) is 78.9 Å². The smallest absolute Gasteiger partial charge is 0.303 e. The highest BCUT2D eigenvalue weighted by Crippen LogP contribution is 2.21. The van der Waals surface area contributed by atoms with Crippen LogP contribution in [-0.4, -0.2) is 60.3 Å². The number of likely N-dealkylation sites (tertiary alicyclic amines) is 1. The van der Waals surface area contributed by atoms with Crippen molar-refractivity contribution in [3.05, 3.63) is 0 Å². The quantitative estimate of drug-likeness (QED) is 0.765. The second-order valence-corrected chi connectivity index (χ2v) is 5.93. The van der Waals surface area contributed by atoms with Gasteiger partial charge < -0.3 is 20.1 Å². The second-order valence-electron chi connectivity index (χ2n) is 5.93. The molecule has 0 bridgehead atoms. The van der Waals surface area contributed by atoms with Crippen LogP contribution >= 0.6 is 0 Å². The Balaban J connectivity index is 1.78. The molecule has 2 N–H and O–H groups in total. The first-order chi connectivity index (χ1) is 10.2. The zero-order valence-electron chi connectivity index (χ0n) is 12.6. The van der Waals surface area contributed by atoms with Crippen molar-refractivity contribution in [1.82, 2.24) is 10.2 Å². The minimum atomic E-state index is -0.793. The number of carbonyl (C=O) groups excluding carboxylic acids is 1. The molecule has 1 unspecified atom stereocenters. The van der Waals surface area contributed by atoms with E-state index >= 15 is 0 Å². The summed E-state index contributed by atoms with van der Waals surface area (Å²) < 4.78 is 5.72. The van der Waals surface area contributed by atoms with E-state index in [1.165, 1.54) is 0 Å². The van der Waals surface area contributed by atoms with Crippen LogP contribution in [0.2, 0.25) is 0 Å². The SMILES string of the molecule is O=C(O)CCC1CCCCN1C(=O)COC1CCNCC1. The van der Waals surface area contributed by atoms with Crippen molar-refractivity contribution in [2.75, 3.05) is 26.2 Å². The third kappa shape index (κ3) is 5.28. The summed E-state index contributed by atoms with van der Waals surface area (Å²) in [6.45, 7) is 2.76. The molecular weight excluding hydrogens is 272 g/mol. The fourth-order valence-corrected chi connectivity index (χ4v) is 3.15. The van der Waals surface area contributed by atoms with Gasteiger partial charge in [-0.25, -0.2) is 0 Å².